The van der Waals surface area contributed by atoms with Gasteiger partial charge in [-0.15, -0.1) is 0 Å². The van der Waals surface area contributed by atoms with Gasteiger partial charge in [0.25, 0.3) is 0 Å². The molecule has 0 aliphatic heterocycles. The third-order valence-corrected chi connectivity index (χ3v) is 7.82. The summed E-state index contributed by atoms with van der Waals surface area (Å²) in [6.07, 6.45) is 5.95. The summed E-state index contributed by atoms with van der Waals surface area (Å²) in [5, 5.41) is 3.68. The first-order valence-electron chi connectivity index (χ1n) is 11.0. The molecule has 1 unspecified atom stereocenters. The van der Waals surface area contributed by atoms with Crippen LogP contribution in [0.15, 0.2) is 60.2 Å². The second-order valence-corrected chi connectivity index (χ2v) is 11.2. The van der Waals surface area contributed by atoms with Crippen LogP contribution in [0.2, 0.25) is 5.02 Å². The molecular weight excluding hydrogens is 384 g/mol. The molecule has 0 saturated carbocycles. The van der Waals surface area contributed by atoms with E-state index in [1.807, 2.05) is 0 Å². The minimum atomic E-state index is -0.00520. The summed E-state index contributed by atoms with van der Waals surface area (Å²) in [5.41, 5.74) is 11.7. The summed E-state index contributed by atoms with van der Waals surface area (Å²) in [4.78, 5) is 0. The van der Waals surface area contributed by atoms with Gasteiger partial charge in [0.15, 0.2) is 0 Å². The van der Waals surface area contributed by atoms with Crippen LogP contribution in [-0.2, 0) is 17.3 Å². The lowest BCUT2D eigenvalue weighted by Gasteiger charge is -2.33. The quantitative estimate of drug-likeness (QED) is 0.351. The molecule has 6 rings (SSSR count). The summed E-state index contributed by atoms with van der Waals surface area (Å²) in [7, 11) is 0. The molecule has 1 heteroatoms. The molecule has 0 heterocycles. The Bertz CT molecular complexity index is 1320. The molecule has 0 fully saturated rings. The molecule has 0 amide bonds. The summed E-state index contributed by atoms with van der Waals surface area (Å²) in [6.45, 7) is 11.6. The Kier molecular flexibility index (Phi) is 3.49. The molecule has 0 radical (unpaired) electrons. The zero-order chi connectivity index (χ0) is 21.0. The van der Waals surface area contributed by atoms with Crippen molar-refractivity contribution in [2.45, 2.75) is 57.8 Å². The second kappa shape index (κ2) is 5.68. The molecule has 3 aliphatic carbocycles. The van der Waals surface area contributed by atoms with Gasteiger partial charge in [-0.05, 0) is 79.3 Å². The highest BCUT2D eigenvalue weighted by atomic mass is 35.5. The van der Waals surface area contributed by atoms with Gasteiger partial charge < -0.3 is 0 Å². The Hall–Kier alpha value is -2.31. The molecule has 3 aromatic rings. The largest absolute Gasteiger partial charge is 0.0843 e. The summed E-state index contributed by atoms with van der Waals surface area (Å²) < 4.78 is 0. The fourth-order valence-electron chi connectivity index (χ4n) is 5.94. The van der Waals surface area contributed by atoms with Crippen LogP contribution in [0, 0.1) is 0 Å². The van der Waals surface area contributed by atoms with Gasteiger partial charge in [-0.3, -0.25) is 0 Å². The molecule has 0 spiro atoms. The molecular formula is C29H27Cl. The van der Waals surface area contributed by atoms with Crippen LogP contribution in [0.4, 0.5) is 0 Å². The fourth-order valence-corrected chi connectivity index (χ4v) is 6.11. The Morgan fingerprint density at radius 1 is 0.967 bits per heavy atom. The highest BCUT2D eigenvalue weighted by Crippen LogP contribution is 2.58. The van der Waals surface area contributed by atoms with Crippen molar-refractivity contribution in [2.75, 3.05) is 0 Å². The molecule has 0 saturated heterocycles. The number of halogens is 1. The maximum atomic E-state index is 6.41. The van der Waals surface area contributed by atoms with Crippen LogP contribution in [0.5, 0.6) is 0 Å². The number of allylic oxidation sites excluding steroid dienone is 4. The predicted molar refractivity (Wildman–Crippen MR) is 129 cm³/mol. The van der Waals surface area contributed by atoms with E-state index in [0.29, 0.717) is 5.92 Å². The van der Waals surface area contributed by atoms with Crippen LogP contribution < -0.4 is 0 Å². The van der Waals surface area contributed by atoms with E-state index in [1.165, 1.54) is 55.3 Å². The molecule has 0 bridgehead atoms. The van der Waals surface area contributed by atoms with Gasteiger partial charge >= 0.3 is 0 Å². The predicted octanol–water partition coefficient (Wildman–Crippen LogP) is 8.09. The third-order valence-electron chi connectivity index (χ3n) is 7.58. The first-order valence-corrected chi connectivity index (χ1v) is 11.4. The third kappa shape index (κ3) is 2.29. The Labute approximate surface area is 184 Å². The summed E-state index contributed by atoms with van der Waals surface area (Å²) in [6, 6.07) is 16.1. The molecule has 150 valence electrons. The smallest absolute Gasteiger partial charge is 0.0409 e. The van der Waals surface area contributed by atoms with Gasteiger partial charge in [0.2, 0.25) is 0 Å². The van der Waals surface area contributed by atoms with Gasteiger partial charge in [0.05, 0.1) is 0 Å². The zero-order valence-electron chi connectivity index (χ0n) is 18.4. The molecule has 1 atom stereocenters. The van der Waals surface area contributed by atoms with Gasteiger partial charge in [0, 0.05) is 16.4 Å². The maximum absolute atomic E-state index is 6.41. The minimum Gasteiger partial charge on any atom is -0.0843 e. The van der Waals surface area contributed by atoms with E-state index in [-0.39, 0.29) is 10.8 Å². The van der Waals surface area contributed by atoms with Crippen LogP contribution >= 0.6 is 11.6 Å². The van der Waals surface area contributed by atoms with Crippen molar-refractivity contribution in [3.8, 4) is 0 Å². The fraction of sp³-hybridized carbons (Fsp3) is 0.310. The van der Waals surface area contributed by atoms with Gasteiger partial charge in [-0.1, -0.05) is 88.7 Å². The Morgan fingerprint density at radius 3 is 2.50 bits per heavy atom. The second-order valence-electron chi connectivity index (χ2n) is 10.8. The number of fused-ring (bicyclic) bond motifs is 4. The van der Waals surface area contributed by atoms with Crippen molar-refractivity contribution in [2.24, 2.45) is 0 Å². The molecule has 3 aliphatic rings. The number of hydrogen-bond acceptors (Lipinski definition) is 0. The first-order chi connectivity index (χ1) is 14.2. The van der Waals surface area contributed by atoms with Crippen LogP contribution in [0.3, 0.4) is 0 Å². The minimum absolute atomic E-state index is 0.00520. The molecule has 0 N–H and O–H groups in total. The highest BCUT2D eigenvalue weighted by Gasteiger charge is 2.45. The van der Waals surface area contributed by atoms with E-state index in [1.54, 1.807) is 0 Å². The SMILES string of the molecule is CC(C)(C)c1cc2c3c4c(ccc3c1)C1C(=CC4=CC2)C(C)(C)c2cc(Cl)ccc21. The number of hydrogen-bond donors (Lipinski definition) is 0. The van der Waals surface area contributed by atoms with Gasteiger partial charge in [0.1, 0.15) is 0 Å². The highest BCUT2D eigenvalue weighted by molar-refractivity contribution is 6.30. The van der Waals surface area contributed by atoms with Crippen LogP contribution in [0.25, 0.3) is 16.3 Å². The maximum Gasteiger partial charge on any atom is 0.0409 e. The number of benzene rings is 3. The van der Waals surface area contributed by atoms with E-state index in [2.05, 4.69) is 89.2 Å². The lowest BCUT2D eigenvalue weighted by molar-refractivity contribution is 0.590. The van der Waals surface area contributed by atoms with Crippen LogP contribution in [0.1, 0.15) is 73.9 Å². The van der Waals surface area contributed by atoms with E-state index in [0.717, 1.165) is 11.4 Å². The van der Waals surface area contributed by atoms with Crippen molar-refractivity contribution < 1.29 is 0 Å². The monoisotopic (exact) mass is 410 g/mol. The van der Waals surface area contributed by atoms with E-state index >= 15 is 0 Å². The topological polar surface area (TPSA) is 0 Å². The van der Waals surface area contributed by atoms with Crippen molar-refractivity contribution in [1.29, 1.82) is 0 Å². The number of rotatable bonds is 0. The zero-order valence-corrected chi connectivity index (χ0v) is 19.1. The van der Waals surface area contributed by atoms with Gasteiger partial charge in [-0.2, -0.15) is 0 Å². The average molecular weight is 411 g/mol. The van der Waals surface area contributed by atoms with Crippen molar-refractivity contribution in [1.82, 2.24) is 0 Å². The lowest BCUT2D eigenvalue weighted by atomic mass is 9.70. The van der Waals surface area contributed by atoms with E-state index in [9.17, 15) is 0 Å². The van der Waals surface area contributed by atoms with Crippen LogP contribution in [-0.4, -0.2) is 0 Å². The van der Waals surface area contributed by atoms with E-state index < -0.39 is 0 Å². The van der Waals surface area contributed by atoms with Crippen molar-refractivity contribution in [3.63, 3.8) is 0 Å². The average Bonchev–Trinajstić information content (AvgIpc) is 2.91. The molecule has 30 heavy (non-hydrogen) atoms. The Morgan fingerprint density at radius 2 is 1.73 bits per heavy atom. The Balaban J connectivity index is 1.67. The molecule has 0 nitrogen and oxygen atoms in total. The molecule has 3 aromatic carbocycles. The van der Waals surface area contributed by atoms with Gasteiger partial charge in [-0.25, -0.2) is 0 Å². The molecule has 0 aromatic heterocycles. The summed E-state index contributed by atoms with van der Waals surface area (Å²) in [5.74, 6) is 0.331. The van der Waals surface area contributed by atoms with Crippen molar-refractivity contribution >= 4 is 27.9 Å². The first kappa shape index (κ1) is 18.5. The lowest BCUT2D eigenvalue weighted by Crippen LogP contribution is -2.20. The normalized spacial score (nSPS) is 20.5. The van der Waals surface area contributed by atoms with Crippen molar-refractivity contribution in [3.05, 3.63) is 98.6 Å². The summed E-state index contributed by atoms with van der Waals surface area (Å²) >= 11 is 6.41. The van der Waals surface area contributed by atoms with E-state index in [4.69, 9.17) is 11.6 Å². The standard InChI is InChI=1S/C29H27Cl/c1-28(2,3)19-12-16-6-7-18-14-24-27(22-10-8-17(13-19)25(16)26(18)22)21-11-9-20(30)15-23(21)29(24,4)5/h7-15,27H,6H2,1-5H3.